The molecule has 0 amide bonds. The van der Waals surface area contributed by atoms with Crippen LogP contribution in [0.5, 0.6) is 5.75 Å². The number of hydrogen-bond acceptors (Lipinski definition) is 4. The lowest BCUT2D eigenvalue weighted by Crippen LogP contribution is -2.05. The molecule has 1 aromatic carbocycles. The molecule has 0 radical (unpaired) electrons. The second-order valence-electron chi connectivity index (χ2n) is 4.61. The van der Waals surface area contributed by atoms with Crippen LogP contribution in [0.2, 0.25) is 0 Å². The monoisotopic (exact) mass is 272 g/mol. The third-order valence-electron chi connectivity index (χ3n) is 3.02. The van der Waals surface area contributed by atoms with Gasteiger partial charge in [-0.1, -0.05) is 6.07 Å². The van der Waals surface area contributed by atoms with Gasteiger partial charge in [-0.2, -0.15) is 0 Å². The second-order valence-corrected chi connectivity index (χ2v) is 4.61. The van der Waals surface area contributed by atoms with E-state index in [0.717, 1.165) is 11.3 Å². The van der Waals surface area contributed by atoms with Crippen molar-refractivity contribution < 1.29 is 15.0 Å². The molecule has 0 saturated heterocycles. The van der Waals surface area contributed by atoms with E-state index in [1.165, 1.54) is 0 Å². The summed E-state index contributed by atoms with van der Waals surface area (Å²) in [6.45, 7) is 4.06. The van der Waals surface area contributed by atoms with Gasteiger partial charge in [-0.25, -0.2) is 4.79 Å². The molecule has 5 nitrogen and oxygen atoms in total. The molecule has 0 fully saturated rings. The highest BCUT2D eigenvalue weighted by Crippen LogP contribution is 2.20. The molecular weight excluding hydrogens is 256 g/mol. The molecule has 3 N–H and O–H groups in total. The average Bonchev–Trinajstić information content (AvgIpc) is 2.41. The van der Waals surface area contributed by atoms with Gasteiger partial charge >= 0.3 is 5.97 Å². The van der Waals surface area contributed by atoms with Gasteiger partial charge < -0.3 is 15.5 Å². The summed E-state index contributed by atoms with van der Waals surface area (Å²) in [5.41, 5.74) is 3.22. The van der Waals surface area contributed by atoms with Crippen molar-refractivity contribution in [3.63, 3.8) is 0 Å². The van der Waals surface area contributed by atoms with Gasteiger partial charge in [0.2, 0.25) is 0 Å². The topological polar surface area (TPSA) is 82.5 Å². The fourth-order valence-corrected chi connectivity index (χ4v) is 1.86. The van der Waals surface area contributed by atoms with Gasteiger partial charge in [0.15, 0.2) is 0 Å². The van der Waals surface area contributed by atoms with Crippen LogP contribution in [0.15, 0.2) is 30.3 Å². The number of carboxylic acids is 1. The Balaban J connectivity index is 2.20. The Morgan fingerprint density at radius 3 is 2.70 bits per heavy atom. The van der Waals surface area contributed by atoms with E-state index in [2.05, 4.69) is 10.3 Å². The Kier molecular flexibility index (Phi) is 3.89. The lowest BCUT2D eigenvalue weighted by molar-refractivity contribution is 0.0697. The summed E-state index contributed by atoms with van der Waals surface area (Å²) in [7, 11) is 0. The van der Waals surface area contributed by atoms with Crippen molar-refractivity contribution in [2.75, 3.05) is 5.32 Å². The van der Waals surface area contributed by atoms with Crippen molar-refractivity contribution in [2.45, 2.75) is 20.4 Å². The van der Waals surface area contributed by atoms with E-state index in [4.69, 9.17) is 5.11 Å². The molecule has 20 heavy (non-hydrogen) atoms. The third kappa shape index (κ3) is 3.06. The Hall–Kier alpha value is -2.56. The zero-order valence-electron chi connectivity index (χ0n) is 11.3. The van der Waals surface area contributed by atoms with E-state index in [-0.39, 0.29) is 11.3 Å². The molecule has 2 aromatic rings. The first kappa shape index (κ1) is 13.9. The number of pyridine rings is 1. The fourth-order valence-electron chi connectivity index (χ4n) is 1.86. The number of aryl methyl sites for hydroxylation is 2. The van der Waals surface area contributed by atoms with Crippen LogP contribution in [0.25, 0.3) is 0 Å². The highest BCUT2D eigenvalue weighted by molar-refractivity contribution is 5.89. The lowest BCUT2D eigenvalue weighted by Gasteiger charge is -2.11. The van der Waals surface area contributed by atoms with E-state index < -0.39 is 5.97 Å². The van der Waals surface area contributed by atoms with Crippen LogP contribution in [0.4, 0.5) is 5.69 Å². The minimum atomic E-state index is -0.968. The third-order valence-corrected chi connectivity index (χ3v) is 3.02. The summed E-state index contributed by atoms with van der Waals surface area (Å²) < 4.78 is 0. The van der Waals surface area contributed by atoms with Gasteiger partial charge in [0.05, 0.1) is 12.1 Å². The second kappa shape index (κ2) is 5.61. The van der Waals surface area contributed by atoms with Crippen molar-refractivity contribution in [1.82, 2.24) is 4.98 Å². The summed E-state index contributed by atoms with van der Waals surface area (Å²) in [6.07, 6.45) is 0. The first-order valence-corrected chi connectivity index (χ1v) is 6.20. The van der Waals surface area contributed by atoms with Crippen molar-refractivity contribution in [3.05, 3.63) is 52.8 Å². The quantitative estimate of drug-likeness (QED) is 0.797. The molecule has 1 heterocycles. The van der Waals surface area contributed by atoms with Crippen molar-refractivity contribution in [1.29, 1.82) is 0 Å². The van der Waals surface area contributed by atoms with Crippen LogP contribution < -0.4 is 5.32 Å². The normalized spacial score (nSPS) is 10.3. The van der Waals surface area contributed by atoms with Gasteiger partial charge in [-0.05, 0) is 43.7 Å². The van der Waals surface area contributed by atoms with Crippen LogP contribution in [-0.4, -0.2) is 21.2 Å². The zero-order valence-corrected chi connectivity index (χ0v) is 11.3. The summed E-state index contributed by atoms with van der Waals surface area (Å²) in [5, 5.41) is 21.8. The Morgan fingerprint density at radius 1 is 1.25 bits per heavy atom. The van der Waals surface area contributed by atoms with E-state index in [9.17, 15) is 9.90 Å². The minimum absolute atomic E-state index is 0.121. The number of rotatable bonds is 4. The number of aromatic hydroxyl groups is 1. The highest BCUT2D eigenvalue weighted by Gasteiger charge is 2.08. The van der Waals surface area contributed by atoms with Crippen molar-refractivity contribution in [2.24, 2.45) is 0 Å². The Bertz CT molecular complexity index is 654. The van der Waals surface area contributed by atoms with Gasteiger partial charge in [0, 0.05) is 11.4 Å². The molecule has 0 saturated carbocycles. The van der Waals surface area contributed by atoms with Crippen molar-refractivity contribution in [3.8, 4) is 5.75 Å². The average molecular weight is 272 g/mol. The molecule has 0 aliphatic heterocycles. The van der Waals surface area contributed by atoms with Crippen LogP contribution in [0.1, 0.15) is 27.3 Å². The Morgan fingerprint density at radius 2 is 2.00 bits per heavy atom. The predicted molar refractivity (Wildman–Crippen MR) is 76.1 cm³/mol. The first-order valence-electron chi connectivity index (χ1n) is 6.20. The number of benzene rings is 1. The number of anilines is 1. The number of carboxylic acid groups (broad SMARTS) is 1. The molecule has 104 valence electrons. The van der Waals surface area contributed by atoms with Crippen LogP contribution in [-0.2, 0) is 6.54 Å². The molecule has 0 aliphatic carbocycles. The van der Waals surface area contributed by atoms with Gasteiger partial charge in [-0.15, -0.1) is 0 Å². The Labute approximate surface area is 116 Å². The molecule has 0 unspecified atom stereocenters. The van der Waals surface area contributed by atoms with E-state index in [1.807, 2.05) is 13.8 Å². The van der Waals surface area contributed by atoms with Crippen LogP contribution in [0, 0.1) is 13.8 Å². The lowest BCUT2D eigenvalue weighted by atomic mass is 10.1. The predicted octanol–water partition coefficient (Wildman–Crippen LogP) is 2.71. The van der Waals surface area contributed by atoms with Crippen LogP contribution >= 0.6 is 0 Å². The summed E-state index contributed by atoms with van der Waals surface area (Å²) in [6, 6.07) is 8.21. The fraction of sp³-hybridized carbons (Fsp3) is 0.200. The van der Waals surface area contributed by atoms with Gasteiger partial charge in [0.1, 0.15) is 11.4 Å². The van der Waals surface area contributed by atoms with Gasteiger partial charge in [0.25, 0.3) is 0 Å². The maximum Gasteiger partial charge on any atom is 0.335 e. The molecule has 5 heteroatoms. The van der Waals surface area contributed by atoms with E-state index in [1.54, 1.807) is 30.3 Å². The largest absolute Gasteiger partial charge is 0.506 e. The standard InChI is InChI=1S/C15H16N2O3/c1-9-3-5-11(15(19)20)7-12(9)16-8-13-14(18)6-4-10(2)17-13/h3-7,16,18H,8H2,1-2H3,(H,19,20). The summed E-state index contributed by atoms with van der Waals surface area (Å²) >= 11 is 0. The molecular formula is C15H16N2O3. The van der Waals surface area contributed by atoms with Gasteiger partial charge in [-0.3, -0.25) is 4.98 Å². The summed E-state index contributed by atoms with van der Waals surface area (Å²) in [5.74, 6) is -0.847. The summed E-state index contributed by atoms with van der Waals surface area (Å²) in [4.78, 5) is 15.2. The molecule has 0 atom stereocenters. The molecule has 0 bridgehead atoms. The van der Waals surface area contributed by atoms with Crippen LogP contribution in [0.3, 0.4) is 0 Å². The molecule has 0 spiro atoms. The number of nitrogens with zero attached hydrogens (tertiary/aromatic N) is 1. The number of hydrogen-bond donors (Lipinski definition) is 3. The number of aromatic carboxylic acids is 1. The number of carbonyl (C=O) groups is 1. The molecule has 1 aromatic heterocycles. The molecule has 2 rings (SSSR count). The highest BCUT2D eigenvalue weighted by atomic mass is 16.4. The maximum absolute atomic E-state index is 11.0. The number of aromatic nitrogens is 1. The SMILES string of the molecule is Cc1ccc(O)c(CNc2cc(C(=O)O)ccc2C)n1. The zero-order chi connectivity index (χ0) is 14.7. The molecule has 0 aliphatic rings. The van der Waals surface area contributed by atoms with E-state index in [0.29, 0.717) is 17.9 Å². The maximum atomic E-state index is 11.0. The first-order chi connectivity index (χ1) is 9.47. The number of nitrogens with one attached hydrogen (secondary N) is 1. The minimum Gasteiger partial charge on any atom is -0.506 e. The van der Waals surface area contributed by atoms with E-state index >= 15 is 0 Å². The smallest absolute Gasteiger partial charge is 0.335 e. The van der Waals surface area contributed by atoms with Crippen molar-refractivity contribution >= 4 is 11.7 Å².